The molecule has 0 saturated heterocycles. The summed E-state index contributed by atoms with van der Waals surface area (Å²) in [6.07, 6.45) is 0. The molecule has 2 aromatic carbocycles. The highest BCUT2D eigenvalue weighted by Crippen LogP contribution is 2.39. The molecule has 0 unspecified atom stereocenters. The van der Waals surface area contributed by atoms with Crippen molar-refractivity contribution in [1.82, 2.24) is 0 Å². The van der Waals surface area contributed by atoms with Crippen LogP contribution in [0, 0.1) is 5.82 Å². The molecule has 0 heterocycles. The Hall–Kier alpha value is -1.50. The molecule has 0 aliphatic rings. The SMILES string of the molecule is Nc1cc(Cl)c(Oc2cc(F)c(Cl)cc2Br)c(C(=O)O)c1. The lowest BCUT2D eigenvalue weighted by Gasteiger charge is -2.13. The standard InChI is InChI=1S/C13H7BrCl2FNO3/c14-7-3-8(15)10(17)4-11(7)21-12-6(13(19)20)1-5(18)2-9(12)16/h1-4H,18H2,(H,19,20). The second kappa shape index (κ2) is 6.09. The Morgan fingerprint density at radius 3 is 2.52 bits per heavy atom. The van der Waals surface area contributed by atoms with E-state index in [2.05, 4.69) is 15.9 Å². The maximum Gasteiger partial charge on any atom is 0.339 e. The van der Waals surface area contributed by atoms with E-state index in [1.54, 1.807) is 0 Å². The minimum atomic E-state index is -1.27. The van der Waals surface area contributed by atoms with Crippen molar-refractivity contribution in [2.45, 2.75) is 0 Å². The molecule has 0 aromatic heterocycles. The Kier molecular flexibility index (Phi) is 4.61. The van der Waals surface area contributed by atoms with Crippen LogP contribution in [0.4, 0.5) is 10.1 Å². The van der Waals surface area contributed by atoms with Crippen molar-refractivity contribution in [1.29, 1.82) is 0 Å². The molecule has 0 radical (unpaired) electrons. The van der Waals surface area contributed by atoms with Crippen molar-refractivity contribution in [3.63, 3.8) is 0 Å². The van der Waals surface area contributed by atoms with Crippen LogP contribution >= 0.6 is 39.1 Å². The van der Waals surface area contributed by atoms with Gasteiger partial charge in [-0.25, -0.2) is 9.18 Å². The largest absolute Gasteiger partial charge is 0.478 e. The summed E-state index contributed by atoms with van der Waals surface area (Å²) >= 11 is 14.7. The number of nitrogens with two attached hydrogens (primary N) is 1. The van der Waals surface area contributed by atoms with Crippen LogP contribution in [0.2, 0.25) is 10.0 Å². The third-order valence-electron chi connectivity index (χ3n) is 2.48. The first-order valence-corrected chi connectivity index (χ1v) is 6.99. The Bertz CT molecular complexity index is 740. The highest BCUT2D eigenvalue weighted by atomic mass is 79.9. The molecule has 0 aliphatic carbocycles. The van der Waals surface area contributed by atoms with Gasteiger partial charge in [-0.2, -0.15) is 0 Å². The number of nitrogen functional groups attached to an aromatic ring is 1. The van der Waals surface area contributed by atoms with Gasteiger partial charge in [-0.05, 0) is 34.1 Å². The van der Waals surface area contributed by atoms with E-state index in [4.69, 9.17) is 38.8 Å². The van der Waals surface area contributed by atoms with E-state index < -0.39 is 11.8 Å². The molecular weight excluding hydrogens is 388 g/mol. The predicted octanol–water partition coefficient (Wildman–Crippen LogP) is 4.97. The number of ether oxygens (including phenoxy) is 1. The maximum atomic E-state index is 13.5. The molecule has 0 atom stereocenters. The molecule has 0 bridgehead atoms. The van der Waals surface area contributed by atoms with Gasteiger partial charge in [-0.1, -0.05) is 23.2 Å². The van der Waals surface area contributed by atoms with Crippen LogP contribution < -0.4 is 10.5 Å². The van der Waals surface area contributed by atoms with Gasteiger partial charge in [0.1, 0.15) is 17.1 Å². The first-order valence-electron chi connectivity index (χ1n) is 5.44. The second-order valence-corrected chi connectivity index (χ2v) is 5.65. The molecule has 0 saturated carbocycles. The smallest absolute Gasteiger partial charge is 0.339 e. The van der Waals surface area contributed by atoms with E-state index in [1.165, 1.54) is 18.2 Å². The Morgan fingerprint density at radius 2 is 1.90 bits per heavy atom. The molecule has 2 aromatic rings. The third-order valence-corrected chi connectivity index (χ3v) is 3.67. The van der Waals surface area contributed by atoms with Gasteiger partial charge in [0.15, 0.2) is 5.75 Å². The fourth-order valence-corrected chi connectivity index (χ4v) is 2.56. The zero-order valence-electron chi connectivity index (χ0n) is 10.2. The molecule has 0 spiro atoms. The van der Waals surface area contributed by atoms with Crippen molar-refractivity contribution in [3.05, 3.63) is 50.2 Å². The van der Waals surface area contributed by atoms with Crippen molar-refractivity contribution >= 4 is 50.8 Å². The number of carbonyl (C=O) groups is 1. The van der Waals surface area contributed by atoms with Crippen LogP contribution in [0.15, 0.2) is 28.7 Å². The number of halogens is 4. The number of aromatic carboxylic acids is 1. The summed E-state index contributed by atoms with van der Waals surface area (Å²) in [7, 11) is 0. The first kappa shape index (κ1) is 15.9. The van der Waals surface area contributed by atoms with Crippen LogP contribution in [-0.2, 0) is 0 Å². The Balaban J connectivity index is 2.54. The fourth-order valence-electron chi connectivity index (χ4n) is 1.57. The summed E-state index contributed by atoms with van der Waals surface area (Å²) in [5.41, 5.74) is 5.48. The minimum absolute atomic E-state index is 0.00495. The summed E-state index contributed by atoms with van der Waals surface area (Å²) in [5.74, 6) is -2.09. The van der Waals surface area contributed by atoms with Gasteiger partial charge in [-0.3, -0.25) is 0 Å². The summed E-state index contributed by atoms with van der Waals surface area (Å²) in [5, 5.41) is 9.05. The molecule has 0 fully saturated rings. The predicted molar refractivity (Wildman–Crippen MR) is 82.0 cm³/mol. The van der Waals surface area contributed by atoms with Crippen molar-refractivity contribution in [3.8, 4) is 11.5 Å². The number of anilines is 1. The van der Waals surface area contributed by atoms with Crippen LogP contribution in [-0.4, -0.2) is 11.1 Å². The lowest BCUT2D eigenvalue weighted by Crippen LogP contribution is -2.03. The molecule has 0 aliphatic heterocycles. The summed E-state index contributed by atoms with van der Waals surface area (Å²) in [6.45, 7) is 0. The van der Waals surface area contributed by atoms with Gasteiger partial charge < -0.3 is 15.6 Å². The van der Waals surface area contributed by atoms with E-state index in [-0.39, 0.29) is 32.8 Å². The minimum Gasteiger partial charge on any atom is -0.478 e. The average Bonchev–Trinajstić information content (AvgIpc) is 2.38. The highest BCUT2D eigenvalue weighted by molar-refractivity contribution is 9.10. The van der Waals surface area contributed by atoms with E-state index in [0.717, 1.165) is 6.07 Å². The van der Waals surface area contributed by atoms with Gasteiger partial charge in [0, 0.05) is 11.8 Å². The van der Waals surface area contributed by atoms with Crippen molar-refractivity contribution in [2.75, 3.05) is 5.73 Å². The molecule has 3 N–H and O–H groups in total. The summed E-state index contributed by atoms with van der Waals surface area (Å²) in [4.78, 5) is 11.2. The summed E-state index contributed by atoms with van der Waals surface area (Å²) in [6, 6.07) is 4.84. The average molecular weight is 395 g/mol. The highest BCUT2D eigenvalue weighted by Gasteiger charge is 2.19. The van der Waals surface area contributed by atoms with Crippen molar-refractivity contribution in [2.24, 2.45) is 0 Å². The molecule has 8 heteroatoms. The lowest BCUT2D eigenvalue weighted by molar-refractivity contribution is 0.0694. The molecule has 110 valence electrons. The van der Waals surface area contributed by atoms with E-state index in [9.17, 15) is 9.18 Å². The number of benzene rings is 2. The Labute approximate surface area is 137 Å². The fraction of sp³-hybridized carbons (Fsp3) is 0. The number of rotatable bonds is 3. The number of hydrogen-bond donors (Lipinski definition) is 2. The number of hydrogen-bond acceptors (Lipinski definition) is 3. The third kappa shape index (κ3) is 3.40. The van der Waals surface area contributed by atoms with E-state index in [1.807, 2.05) is 0 Å². The second-order valence-electron chi connectivity index (χ2n) is 3.98. The zero-order chi connectivity index (χ0) is 15.7. The molecular formula is C13H7BrCl2FNO3. The van der Waals surface area contributed by atoms with Crippen LogP contribution in [0.25, 0.3) is 0 Å². The van der Waals surface area contributed by atoms with Crippen molar-refractivity contribution < 1.29 is 19.0 Å². The summed E-state index contributed by atoms with van der Waals surface area (Å²) < 4.78 is 19.2. The normalized spacial score (nSPS) is 10.5. The number of carboxylic acid groups (broad SMARTS) is 1. The number of carboxylic acids is 1. The van der Waals surface area contributed by atoms with Gasteiger partial charge in [-0.15, -0.1) is 0 Å². The zero-order valence-corrected chi connectivity index (χ0v) is 13.3. The first-order chi connectivity index (χ1) is 9.79. The van der Waals surface area contributed by atoms with Crippen LogP contribution in [0.1, 0.15) is 10.4 Å². The Morgan fingerprint density at radius 1 is 1.24 bits per heavy atom. The van der Waals surface area contributed by atoms with Crippen LogP contribution in [0.3, 0.4) is 0 Å². The van der Waals surface area contributed by atoms with Gasteiger partial charge in [0.25, 0.3) is 0 Å². The van der Waals surface area contributed by atoms with Gasteiger partial charge >= 0.3 is 5.97 Å². The van der Waals surface area contributed by atoms with E-state index >= 15 is 0 Å². The van der Waals surface area contributed by atoms with Crippen LogP contribution in [0.5, 0.6) is 11.5 Å². The van der Waals surface area contributed by atoms with Gasteiger partial charge in [0.05, 0.1) is 14.5 Å². The topological polar surface area (TPSA) is 72.5 Å². The van der Waals surface area contributed by atoms with Gasteiger partial charge in [0.2, 0.25) is 0 Å². The molecule has 0 amide bonds. The van der Waals surface area contributed by atoms with E-state index in [0.29, 0.717) is 4.47 Å². The monoisotopic (exact) mass is 393 g/mol. The molecule has 4 nitrogen and oxygen atoms in total. The quantitative estimate of drug-likeness (QED) is 0.569. The maximum absolute atomic E-state index is 13.5. The molecule has 2 rings (SSSR count). The molecule has 21 heavy (non-hydrogen) atoms. The lowest BCUT2D eigenvalue weighted by atomic mass is 10.2.